The van der Waals surface area contributed by atoms with Gasteiger partial charge in [-0.05, 0) is 45.7 Å². The SMILES string of the molecule is CC(C)(C)OC(=O)N[C@@H]1CCCN(c2ccc(C#N)nc2)C1. The van der Waals surface area contributed by atoms with Crippen LogP contribution >= 0.6 is 0 Å². The minimum absolute atomic E-state index is 0.0549. The van der Waals surface area contributed by atoms with E-state index >= 15 is 0 Å². The fourth-order valence-corrected chi connectivity index (χ4v) is 2.44. The highest BCUT2D eigenvalue weighted by Gasteiger charge is 2.24. The molecule has 1 aliphatic heterocycles. The van der Waals surface area contributed by atoms with Crippen molar-refractivity contribution in [3.05, 3.63) is 24.0 Å². The molecule has 22 heavy (non-hydrogen) atoms. The molecule has 0 radical (unpaired) electrons. The van der Waals surface area contributed by atoms with Gasteiger partial charge in [-0.3, -0.25) is 0 Å². The summed E-state index contributed by atoms with van der Waals surface area (Å²) in [5, 5.41) is 11.7. The Balaban J connectivity index is 1.94. The number of anilines is 1. The first-order valence-corrected chi connectivity index (χ1v) is 7.48. The molecular weight excluding hydrogens is 280 g/mol. The Kier molecular flexibility index (Phi) is 4.86. The Hall–Kier alpha value is -2.29. The highest BCUT2D eigenvalue weighted by atomic mass is 16.6. The van der Waals surface area contributed by atoms with Crippen molar-refractivity contribution in [2.24, 2.45) is 0 Å². The number of carbonyl (C=O) groups excluding carboxylic acids is 1. The molecule has 1 fully saturated rings. The first-order valence-electron chi connectivity index (χ1n) is 7.48. The molecule has 1 aliphatic rings. The Morgan fingerprint density at radius 3 is 2.86 bits per heavy atom. The van der Waals surface area contributed by atoms with Crippen molar-refractivity contribution in [3.63, 3.8) is 0 Å². The van der Waals surface area contributed by atoms with Crippen molar-refractivity contribution in [1.29, 1.82) is 5.26 Å². The number of pyridine rings is 1. The zero-order chi connectivity index (χ0) is 16.2. The molecule has 6 heteroatoms. The molecule has 2 heterocycles. The number of alkyl carbamates (subject to hydrolysis) is 1. The highest BCUT2D eigenvalue weighted by Crippen LogP contribution is 2.19. The van der Waals surface area contributed by atoms with Gasteiger partial charge in [0.25, 0.3) is 0 Å². The second-order valence-corrected chi connectivity index (χ2v) is 6.44. The first-order chi connectivity index (χ1) is 10.4. The van der Waals surface area contributed by atoms with E-state index in [0.29, 0.717) is 12.2 Å². The molecule has 0 unspecified atom stereocenters. The third-order valence-electron chi connectivity index (χ3n) is 3.37. The lowest BCUT2D eigenvalue weighted by molar-refractivity contribution is 0.0500. The highest BCUT2D eigenvalue weighted by molar-refractivity contribution is 5.68. The molecular formula is C16H22N4O2. The summed E-state index contributed by atoms with van der Waals surface area (Å²) in [6.45, 7) is 7.18. The number of nitriles is 1. The van der Waals surface area contributed by atoms with Crippen molar-refractivity contribution in [1.82, 2.24) is 10.3 Å². The molecule has 1 N–H and O–H groups in total. The van der Waals surface area contributed by atoms with Gasteiger partial charge in [0, 0.05) is 19.1 Å². The molecule has 1 amide bonds. The predicted octanol–water partition coefficient (Wildman–Crippen LogP) is 2.45. The van der Waals surface area contributed by atoms with Gasteiger partial charge in [0.1, 0.15) is 17.4 Å². The summed E-state index contributed by atoms with van der Waals surface area (Å²) in [6, 6.07) is 5.66. The van der Waals surface area contributed by atoms with Crippen LogP contribution in [0.15, 0.2) is 18.3 Å². The van der Waals surface area contributed by atoms with Crippen LogP contribution in [0.1, 0.15) is 39.3 Å². The quantitative estimate of drug-likeness (QED) is 0.908. The Morgan fingerprint density at radius 1 is 1.50 bits per heavy atom. The summed E-state index contributed by atoms with van der Waals surface area (Å²) in [6.07, 6.45) is 3.24. The van der Waals surface area contributed by atoms with E-state index in [0.717, 1.165) is 25.1 Å². The van der Waals surface area contributed by atoms with E-state index in [2.05, 4.69) is 15.2 Å². The van der Waals surface area contributed by atoms with Crippen molar-refractivity contribution in [2.75, 3.05) is 18.0 Å². The maximum absolute atomic E-state index is 11.9. The van der Waals surface area contributed by atoms with E-state index in [1.165, 1.54) is 0 Å². The summed E-state index contributed by atoms with van der Waals surface area (Å²) in [4.78, 5) is 18.1. The fraction of sp³-hybridized carbons (Fsp3) is 0.562. The summed E-state index contributed by atoms with van der Waals surface area (Å²) in [5.41, 5.74) is 0.883. The van der Waals surface area contributed by atoms with Crippen LogP contribution in [0, 0.1) is 11.3 Å². The second-order valence-electron chi connectivity index (χ2n) is 6.44. The minimum atomic E-state index is -0.491. The number of amides is 1. The topological polar surface area (TPSA) is 78.2 Å². The van der Waals surface area contributed by atoms with Gasteiger partial charge < -0.3 is 15.0 Å². The first kappa shape index (κ1) is 16.1. The van der Waals surface area contributed by atoms with Crippen molar-refractivity contribution in [2.45, 2.75) is 45.3 Å². The molecule has 1 aromatic heterocycles. The van der Waals surface area contributed by atoms with E-state index in [1.807, 2.05) is 32.9 Å². The molecule has 2 rings (SSSR count). The summed E-state index contributed by atoms with van der Waals surface area (Å²) >= 11 is 0. The van der Waals surface area contributed by atoms with Crippen LogP contribution in [-0.4, -0.2) is 35.8 Å². The van der Waals surface area contributed by atoms with Gasteiger partial charge in [-0.2, -0.15) is 5.26 Å². The number of hydrogen-bond donors (Lipinski definition) is 1. The van der Waals surface area contributed by atoms with Crippen LogP contribution in [0.2, 0.25) is 0 Å². The molecule has 0 aliphatic carbocycles. The number of carbonyl (C=O) groups is 1. The molecule has 0 saturated carbocycles. The van der Waals surface area contributed by atoms with Crippen molar-refractivity contribution in [3.8, 4) is 6.07 Å². The normalized spacial score (nSPS) is 18.5. The van der Waals surface area contributed by atoms with E-state index < -0.39 is 5.60 Å². The van der Waals surface area contributed by atoms with E-state index in [9.17, 15) is 4.79 Å². The van der Waals surface area contributed by atoms with Crippen molar-refractivity contribution >= 4 is 11.8 Å². The van der Waals surface area contributed by atoms with Crippen LogP contribution in [0.3, 0.4) is 0 Å². The summed E-state index contributed by atoms with van der Waals surface area (Å²) in [5.74, 6) is 0. The molecule has 1 saturated heterocycles. The smallest absolute Gasteiger partial charge is 0.407 e. The maximum atomic E-state index is 11.9. The molecule has 6 nitrogen and oxygen atoms in total. The number of nitrogens with zero attached hydrogens (tertiary/aromatic N) is 3. The monoisotopic (exact) mass is 302 g/mol. The van der Waals surface area contributed by atoms with Gasteiger partial charge in [-0.1, -0.05) is 0 Å². The van der Waals surface area contributed by atoms with Gasteiger partial charge in [0.2, 0.25) is 0 Å². The van der Waals surface area contributed by atoms with E-state index in [4.69, 9.17) is 10.00 Å². The summed E-state index contributed by atoms with van der Waals surface area (Å²) < 4.78 is 5.29. The van der Waals surface area contributed by atoms with Gasteiger partial charge in [-0.15, -0.1) is 0 Å². The number of rotatable bonds is 2. The second kappa shape index (κ2) is 6.65. The lowest BCUT2D eigenvalue weighted by atomic mass is 10.1. The minimum Gasteiger partial charge on any atom is -0.444 e. The van der Waals surface area contributed by atoms with Crippen LogP contribution in [0.4, 0.5) is 10.5 Å². The number of hydrogen-bond acceptors (Lipinski definition) is 5. The van der Waals surface area contributed by atoms with Gasteiger partial charge >= 0.3 is 6.09 Å². The Morgan fingerprint density at radius 2 is 2.27 bits per heavy atom. The van der Waals surface area contributed by atoms with Crippen molar-refractivity contribution < 1.29 is 9.53 Å². The Labute approximate surface area is 131 Å². The summed E-state index contributed by atoms with van der Waals surface area (Å²) in [7, 11) is 0. The Bertz CT molecular complexity index is 557. The van der Waals surface area contributed by atoms with Crippen LogP contribution < -0.4 is 10.2 Å². The van der Waals surface area contributed by atoms with Gasteiger partial charge in [0.05, 0.1) is 11.9 Å². The molecule has 0 bridgehead atoms. The number of aromatic nitrogens is 1. The van der Waals surface area contributed by atoms with Crippen LogP contribution in [-0.2, 0) is 4.74 Å². The largest absolute Gasteiger partial charge is 0.444 e. The third-order valence-corrected chi connectivity index (χ3v) is 3.37. The number of ether oxygens (including phenoxy) is 1. The average Bonchev–Trinajstić information content (AvgIpc) is 2.45. The standard InChI is InChI=1S/C16H22N4O2/c1-16(2,3)22-15(21)19-13-5-4-8-20(11-13)14-7-6-12(9-17)18-10-14/h6-7,10,13H,4-5,8,11H2,1-3H3,(H,19,21)/t13-/m1/s1. The number of nitrogens with one attached hydrogen (secondary N) is 1. The average molecular weight is 302 g/mol. The van der Waals surface area contributed by atoms with Gasteiger partial charge in [0.15, 0.2) is 0 Å². The fourth-order valence-electron chi connectivity index (χ4n) is 2.44. The van der Waals surface area contributed by atoms with E-state index in [-0.39, 0.29) is 12.1 Å². The molecule has 1 atom stereocenters. The molecule has 1 aromatic rings. The zero-order valence-electron chi connectivity index (χ0n) is 13.3. The van der Waals surface area contributed by atoms with Gasteiger partial charge in [-0.25, -0.2) is 9.78 Å². The number of piperidine rings is 1. The van der Waals surface area contributed by atoms with E-state index in [1.54, 1.807) is 12.3 Å². The molecule has 0 aromatic carbocycles. The molecule has 118 valence electrons. The zero-order valence-corrected chi connectivity index (χ0v) is 13.3. The predicted molar refractivity (Wildman–Crippen MR) is 83.6 cm³/mol. The maximum Gasteiger partial charge on any atom is 0.407 e. The lowest BCUT2D eigenvalue weighted by Gasteiger charge is -2.34. The van der Waals surface area contributed by atoms with Crippen LogP contribution in [0.25, 0.3) is 0 Å². The molecule has 0 spiro atoms. The lowest BCUT2D eigenvalue weighted by Crippen LogP contribution is -2.49. The van der Waals surface area contributed by atoms with Crippen LogP contribution in [0.5, 0.6) is 0 Å². The third kappa shape index (κ3) is 4.62.